The Balaban J connectivity index is 3.78. The summed E-state index contributed by atoms with van der Waals surface area (Å²) in [5.41, 5.74) is 5.20. The largest absolute Gasteiger partial charge is 0.469 e. The lowest BCUT2D eigenvalue weighted by Gasteiger charge is -2.12. The van der Waals surface area contributed by atoms with Crippen LogP contribution in [0.15, 0.2) is 0 Å². The molecular weight excluding hydrogens is 215 g/mol. The minimum atomic E-state index is -4.59. The van der Waals surface area contributed by atoms with Crippen LogP contribution in [-0.4, -0.2) is 46.6 Å². The SMILES string of the molecule is N[C@@H](COP(=O)(O)O)C(=O)NCCO. The molecule has 0 aliphatic rings. The van der Waals surface area contributed by atoms with Crippen LogP contribution in [0.4, 0.5) is 0 Å². The van der Waals surface area contributed by atoms with Crippen molar-refractivity contribution in [3.8, 4) is 0 Å². The quantitative estimate of drug-likeness (QED) is 0.317. The van der Waals surface area contributed by atoms with E-state index >= 15 is 0 Å². The second-order valence-corrected chi connectivity index (χ2v) is 3.65. The lowest BCUT2D eigenvalue weighted by molar-refractivity contribution is -0.123. The summed E-state index contributed by atoms with van der Waals surface area (Å²) in [6.07, 6.45) is 0. The van der Waals surface area contributed by atoms with Crippen LogP contribution < -0.4 is 11.1 Å². The molecule has 0 aromatic rings. The molecule has 0 aliphatic carbocycles. The first-order chi connectivity index (χ1) is 6.37. The Hall–Kier alpha value is -0.500. The van der Waals surface area contributed by atoms with Crippen molar-refractivity contribution in [1.82, 2.24) is 5.32 Å². The summed E-state index contributed by atoms with van der Waals surface area (Å²) >= 11 is 0. The second-order valence-electron chi connectivity index (χ2n) is 2.41. The van der Waals surface area contributed by atoms with Crippen molar-refractivity contribution < 1.29 is 28.8 Å². The normalized spacial score (nSPS) is 13.7. The lowest BCUT2D eigenvalue weighted by Crippen LogP contribution is -2.44. The Labute approximate surface area is 80.3 Å². The number of carbonyl (C=O) groups is 1. The van der Waals surface area contributed by atoms with E-state index in [1.54, 1.807) is 0 Å². The van der Waals surface area contributed by atoms with Gasteiger partial charge in [0.25, 0.3) is 0 Å². The molecule has 0 fully saturated rings. The van der Waals surface area contributed by atoms with Gasteiger partial charge in [-0.05, 0) is 0 Å². The van der Waals surface area contributed by atoms with Gasteiger partial charge >= 0.3 is 7.82 Å². The van der Waals surface area contributed by atoms with E-state index < -0.39 is 26.4 Å². The highest BCUT2D eigenvalue weighted by Crippen LogP contribution is 2.35. The first-order valence-electron chi connectivity index (χ1n) is 3.71. The molecule has 0 aliphatic heterocycles. The predicted octanol–water partition coefficient (Wildman–Crippen LogP) is -2.47. The highest BCUT2D eigenvalue weighted by molar-refractivity contribution is 7.46. The Kier molecular flexibility index (Phi) is 5.86. The Morgan fingerprint density at radius 1 is 1.57 bits per heavy atom. The van der Waals surface area contributed by atoms with E-state index in [9.17, 15) is 9.36 Å². The number of rotatable bonds is 6. The smallest absolute Gasteiger partial charge is 0.395 e. The zero-order valence-corrected chi connectivity index (χ0v) is 8.18. The summed E-state index contributed by atoms with van der Waals surface area (Å²) in [5, 5.41) is 10.6. The maximum atomic E-state index is 10.9. The van der Waals surface area contributed by atoms with Crippen LogP contribution in [0.1, 0.15) is 0 Å². The highest BCUT2D eigenvalue weighted by atomic mass is 31.2. The number of aliphatic hydroxyl groups is 1. The molecule has 0 aromatic heterocycles. The number of hydrogen-bond donors (Lipinski definition) is 5. The van der Waals surface area contributed by atoms with Crippen LogP contribution in [0.25, 0.3) is 0 Å². The number of phosphoric ester groups is 1. The summed E-state index contributed by atoms with van der Waals surface area (Å²) in [5.74, 6) is -0.646. The Bertz CT molecular complexity index is 228. The molecule has 0 unspecified atom stereocenters. The van der Waals surface area contributed by atoms with Crippen molar-refractivity contribution in [2.24, 2.45) is 5.73 Å². The predicted molar refractivity (Wildman–Crippen MR) is 46.1 cm³/mol. The van der Waals surface area contributed by atoms with Gasteiger partial charge in [0.1, 0.15) is 6.04 Å². The fraction of sp³-hybridized carbons (Fsp3) is 0.800. The van der Waals surface area contributed by atoms with Crippen molar-refractivity contribution >= 4 is 13.7 Å². The third-order valence-electron chi connectivity index (χ3n) is 1.17. The van der Waals surface area contributed by atoms with Gasteiger partial charge in [0.15, 0.2) is 0 Å². The minimum absolute atomic E-state index is 0.0302. The number of carbonyl (C=O) groups excluding carboxylic acids is 1. The van der Waals surface area contributed by atoms with E-state index in [1.165, 1.54) is 0 Å². The standard InChI is InChI=1S/C5H13N2O6P/c6-4(3-13-14(10,11)12)5(9)7-1-2-8/h4,8H,1-3,6H2,(H,7,9)(H2,10,11,12)/t4-/m0/s1. The van der Waals surface area contributed by atoms with E-state index in [2.05, 4.69) is 9.84 Å². The third-order valence-corrected chi connectivity index (χ3v) is 1.66. The summed E-state index contributed by atoms with van der Waals surface area (Å²) in [6.45, 7) is -0.790. The number of amides is 1. The average Bonchev–Trinajstić information content (AvgIpc) is 2.09. The van der Waals surface area contributed by atoms with Gasteiger partial charge in [0.05, 0.1) is 13.2 Å². The lowest BCUT2D eigenvalue weighted by atomic mass is 10.3. The molecule has 0 spiro atoms. The van der Waals surface area contributed by atoms with Gasteiger partial charge in [-0.25, -0.2) is 4.57 Å². The molecule has 0 saturated carbocycles. The minimum Gasteiger partial charge on any atom is -0.395 e. The summed E-state index contributed by atoms with van der Waals surface area (Å²) in [7, 11) is -4.59. The van der Waals surface area contributed by atoms with E-state index in [4.69, 9.17) is 20.6 Å². The molecule has 0 heterocycles. The molecule has 0 aromatic carbocycles. The van der Waals surface area contributed by atoms with Crippen molar-refractivity contribution in [1.29, 1.82) is 0 Å². The molecular formula is C5H13N2O6P. The molecule has 0 bridgehead atoms. The molecule has 1 amide bonds. The summed E-state index contributed by atoms with van der Waals surface area (Å²) in [4.78, 5) is 27.5. The average molecular weight is 228 g/mol. The number of nitrogens with two attached hydrogens (primary N) is 1. The first kappa shape index (κ1) is 13.5. The number of nitrogens with one attached hydrogen (secondary N) is 1. The number of hydrogen-bond acceptors (Lipinski definition) is 5. The van der Waals surface area contributed by atoms with Gasteiger partial charge in [-0.15, -0.1) is 0 Å². The second kappa shape index (κ2) is 6.07. The van der Waals surface area contributed by atoms with Gasteiger partial charge in [0, 0.05) is 6.54 Å². The molecule has 8 nitrogen and oxygen atoms in total. The monoisotopic (exact) mass is 228 g/mol. The topological polar surface area (TPSA) is 142 Å². The molecule has 84 valence electrons. The van der Waals surface area contributed by atoms with Gasteiger partial charge in [-0.1, -0.05) is 0 Å². The third kappa shape index (κ3) is 6.96. The number of phosphoric acid groups is 1. The molecule has 1 atom stereocenters. The van der Waals surface area contributed by atoms with Crippen LogP contribution in [0.3, 0.4) is 0 Å². The fourth-order valence-corrected chi connectivity index (χ4v) is 0.918. The highest BCUT2D eigenvalue weighted by Gasteiger charge is 2.19. The van der Waals surface area contributed by atoms with Crippen molar-refractivity contribution in [3.05, 3.63) is 0 Å². The van der Waals surface area contributed by atoms with Crippen LogP contribution >= 0.6 is 7.82 Å². The Morgan fingerprint density at radius 2 is 2.14 bits per heavy atom. The van der Waals surface area contributed by atoms with Crippen molar-refractivity contribution in [2.75, 3.05) is 19.8 Å². The van der Waals surface area contributed by atoms with Crippen LogP contribution in [-0.2, 0) is 13.9 Å². The van der Waals surface area contributed by atoms with Crippen LogP contribution in [0.5, 0.6) is 0 Å². The van der Waals surface area contributed by atoms with Crippen LogP contribution in [0, 0.1) is 0 Å². The van der Waals surface area contributed by atoms with Gasteiger partial charge in [-0.3, -0.25) is 9.32 Å². The van der Waals surface area contributed by atoms with E-state index in [0.29, 0.717) is 0 Å². The van der Waals surface area contributed by atoms with Gasteiger partial charge in [0.2, 0.25) is 5.91 Å². The molecule has 0 rings (SSSR count). The molecule has 9 heteroatoms. The Morgan fingerprint density at radius 3 is 2.57 bits per heavy atom. The molecule has 0 saturated heterocycles. The molecule has 0 radical (unpaired) electrons. The summed E-state index contributed by atoms with van der Waals surface area (Å²) < 4.78 is 14.2. The first-order valence-corrected chi connectivity index (χ1v) is 5.24. The number of aliphatic hydroxyl groups excluding tert-OH is 1. The maximum Gasteiger partial charge on any atom is 0.469 e. The van der Waals surface area contributed by atoms with E-state index in [0.717, 1.165) is 0 Å². The fourth-order valence-electron chi connectivity index (χ4n) is 0.563. The molecule has 14 heavy (non-hydrogen) atoms. The zero-order valence-electron chi connectivity index (χ0n) is 7.29. The molecule has 6 N–H and O–H groups in total. The maximum absolute atomic E-state index is 10.9. The van der Waals surface area contributed by atoms with E-state index in [-0.39, 0.29) is 13.2 Å². The van der Waals surface area contributed by atoms with Crippen LogP contribution in [0.2, 0.25) is 0 Å². The van der Waals surface area contributed by atoms with E-state index in [1.807, 2.05) is 0 Å². The van der Waals surface area contributed by atoms with Gasteiger partial charge < -0.3 is 25.9 Å². The summed E-state index contributed by atoms with van der Waals surface area (Å²) in [6, 6.07) is -1.17. The zero-order chi connectivity index (χ0) is 11.2. The van der Waals surface area contributed by atoms with Crippen molar-refractivity contribution in [2.45, 2.75) is 6.04 Å². The van der Waals surface area contributed by atoms with Crippen molar-refractivity contribution in [3.63, 3.8) is 0 Å². The van der Waals surface area contributed by atoms with Gasteiger partial charge in [-0.2, -0.15) is 0 Å².